The van der Waals surface area contributed by atoms with Gasteiger partial charge in [0, 0.05) is 18.9 Å². The number of anilines is 2. The molecular formula is C15H19N3O2. The van der Waals surface area contributed by atoms with Gasteiger partial charge >= 0.3 is 0 Å². The molecule has 0 saturated carbocycles. The van der Waals surface area contributed by atoms with Crippen molar-refractivity contribution in [1.29, 1.82) is 0 Å². The predicted octanol–water partition coefficient (Wildman–Crippen LogP) is 2.65. The molecule has 0 atom stereocenters. The maximum atomic E-state index is 12.1. The van der Waals surface area contributed by atoms with Crippen LogP contribution in [0.5, 0.6) is 5.75 Å². The number of nitrogen functional groups attached to an aromatic ring is 1. The van der Waals surface area contributed by atoms with E-state index >= 15 is 0 Å². The summed E-state index contributed by atoms with van der Waals surface area (Å²) >= 11 is 0. The molecule has 2 rings (SSSR count). The van der Waals surface area contributed by atoms with Gasteiger partial charge in [0.1, 0.15) is 11.4 Å². The van der Waals surface area contributed by atoms with Crippen LogP contribution in [-0.2, 0) is 7.05 Å². The lowest BCUT2D eigenvalue weighted by molar-refractivity contribution is 0.101. The van der Waals surface area contributed by atoms with Crippen molar-refractivity contribution >= 4 is 17.3 Å². The van der Waals surface area contributed by atoms with Gasteiger partial charge in [-0.1, -0.05) is 6.92 Å². The summed E-state index contributed by atoms with van der Waals surface area (Å²) in [4.78, 5) is 12.1. The number of ether oxygens (including phenoxy) is 1. The summed E-state index contributed by atoms with van der Waals surface area (Å²) in [6, 6.07) is 8.95. The third-order valence-electron chi connectivity index (χ3n) is 2.84. The molecular weight excluding hydrogens is 254 g/mol. The second-order valence-electron chi connectivity index (χ2n) is 4.60. The zero-order valence-corrected chi connectivity index (χ0v) is 11.7. The van der Waals surface area contributed by atoms with Crippen molar-refractivity contribution in [2.45, 2.75) is 13.3 Å². The second-order valence-corrected chi connectivity index (χ2v) is 4.60. The van der Waals surface area contributed by atoms with Crippen LogP contribution in [0, 0.1) is 0 Å². The standard InChI is InChI=1S/C15H19N3O2/c1-3-8-20-13-6-4-12(5-7-13)17-15(19)14-9-11(16)10-18(14)2/h4-7,9-10H,3,8,16H2,1-2H3,(H,17,19). The molecule has 106 valence electrons. The van der Waals surface area contributed by atoms with E-state index in [4.69, 9.17) is 10.5 Å². The van der Waals surface area contributed by atoms with Crippen molar-refractivity contribution < 1.29 is 9.53 Å². The van der Waals surface area contributed by atoms with E-state index in [1.807, 2.05) is 24.3 Å². The lowest BCUT2D eigenvalue weighted by atomic mass is 10.3. The molecule has 3 N–H and O–H groups in total. The van der Waals surface area contributed by atoms with Crippen LogP contribution < -0.4 is 15.8 Å². The topological polar surface area (TPSA) is 69.3 Å². The molecule has 1 heterocycles. The molecule has 5 heteroatoms. The smallest absolute Gasteiger partial charge is 0.272 e. The first-order chi connectivity index (χ1) is 9.60. The van der Waals surface area contributed by atoms with Gasteiger partial charge in [-0.05, 0) is 36.8 Å². The summed E-state index contributed by atoms with van der Waals surface area (Å²) in [5.41, 5.74) is 7.47. The molecule has 0 unspecified atom stereocenters. The minimum atomic E-state index is -0.188. The van der Waals surface area contributed by atoms with E-state index in [2.05, 4.69) is 12.2 Å². The Balaban J connectivity index is 2.02. The van der Waals surface area contributed by atoms with Crippen LogP contribution in [-0.4, -0.2) is 17.1 Å². The Morgan fingerprint density at radius 1 is 1.35 bits per heavy atom. The molecule has 0 saturated heterocycles. The van der Waals surface area contributed by atoms with E-state index in [0.29, 0.717) is 18.0 Å². The molecule has 0 spiro atoms. The molecule has 0 fully saturated rings. The first-order valence-corrected chi connectivity index (χ1v) is 6.56. The van der Waals surface area contributed by atoms with Crippen LogP contribution in [0.2, 0.25) is 0 Å². The molecule has 5 nitrogen and oxygen atoms in total. The van der Waals surface area contributed by atoms with Crippen molar-refractivity contribution in [3.05, 3.63) is 42.2 Å². The van der Waals surface area contributed by atoms with Gasteiger partial charge in [0.25, 0.3) is 5.91 Å². The first kappa shape index (κ1) is 14.0. The van der Waals surface area contributed by atoms with Gasteiger partial charge in [-0.2, -0.15) is 0 Å². The molecule has 0 aliphatic carbocycles. The minimum Gasteiger partial charge on any atom is -0.494 e. The Morgan fingerprint density at radius 2 is 2.05 bits per heavy atom. The van der Waals surface area contributed by atoms with Crippen molar-refractivity contribution in [1.82, 2.24) is 4.57 Å². The number of carbonyl (C=O) groups is 1. The number of rotatable bonds is 5. The van der Waals surface area contributed by atoms with Gasteiger partial charge in [-0.15, -0.1) is 0 Å². The minimum absolute atomic E-state index is 0.188. The monoisotopic (exact) mass is 273 g/mol. The summed E-state index contributed by atoms with van der Waals surface area (Å²) in [5, 5.41) is 2.82. The van der Waals surface area contributed by atoms with Gasteiger partial charge in [-0.25, -0.2) is 0 Å². The van der Waals surface area contributed by atoms with Crippen molar-refractivity contribution in [3.8, 4) is 5.75 Å². The fourth-order valence-corrected chi connectivity index (χ4v) is 1.87. The van der Waals surface area contributed by atoms with Crippen molar-refractivity contribution in [2.24, 2.45) is 7.05 Å². The molecule has 1 aromatic heterocycles. The normalized spacial score (nSPS) is 10.3. The van der Waals surface area contributed by atoms with Crippen molar-refractivity contribution in [3.63, 3.8) is 0 Å². The fraction of sp³-hybridized carbons (Fsp3) is 0.267. The quantitative estimate of drug-likeness (QED) is 0.880. The van der Waals surface area contributed by atoms with E-state index in [1.165, 1.54) is 0 Å². The molecule has 0 aliphatic heterocycles. The highest BCUT2D eigenvalue weighted by Crippen LogP contribution is 2.17. The number of benzene rings is 1. The summed E-state index contributed by atoms with van der Waals surface area (Å²) in [6.07, 6.45) is 2.67. The number of nitrogens with zero attached hydrogens (tertiary/aromatic N) is 1. The molecule has 20 heavy (non-hydrogen) atoms. The van der Waals surface area contributed by atoms with Gasteiger partial charge in [0.05, 0.1) is 12.3 Å². The van der Waals surface area contributed by atoms with Crippen LogP contribution >= 0.6 is 0 Å². The summed E-state index contributed by atoms with van der Waals surface area (Å²) in [5.74, 6) is 0.611. The third-order valence-corrected chi connectivity index (χ3v) is 2.84. The maximum Gasteiger partial charge on any atom is 0.272 e. The number of amides is 1. The molecule has 0 bridgehead atoms. The average Bonchev–Trinajstić information content (AvgIpc) is 2.77. The van der Waals surface area contributed by atoms with E-state index in [0.717, 1.165) is 17.9 Å². The van der Waals surface area contributed by atoms with E-state index in [1.54, 1.807) is 23.9 Å². The average molecular weight is 273 g/mol. The van der Waals surface area contributed by atoms with Gasteiger partial charge in [0.2, 0.25) is 0 Å². The summed E-state index contributed by atoms with van der Waals surface area (Å²) in [6.45, 7) is 2.74. The molecule has 1 aromatic carbocycles. The number of hydrogen-bond acceptors (Lipinski definition) is 3. The first-order valence-electron chi connectivity index (χ1n) is 6.56. The predicted molar refractivity (Wildman–Crippen MR) is 80.0 cm³/mol. The Bertz CT molecular complexity index is 588. The van der Waals surface area contributed by atoms with Crippen LogP contribution in [0.3, 0.4) is 0 Å². The number of aromatic nitrogens is 1. The Kier molecular flexibility index (Phi) is 4.30. The molecule has 0 aliphatic rings. The highest BCUT2D eigenvalue weighted by molar-refractivity contribution is 6.03. The van der Waals surface area contributed by atoms with Crippen LogP contribution in [0.25, 0.3) is 0 Å². The Hall–Kier alpha value is -2.43. The van der Waals surface area contributed by atoms with E-state index < -0.39 is 0 Å². The van der Waals surface area contributed by atoms with Gasteiger partial charge in [0.15, 0.2) is 0 Å². The number of nitrogens with one attached hydrogen (secondary N) is 1. The van der Waals surface area contributed by atoms with E-state index in [9.17, 15) is 4.79 Å². The number of nitrogens with two attached hydrogens (primary N) is 1. The largest absolute Gasteiger partial charge is 0.494 e. The van der Waals surface area contributed by atoms with Gasteiger partial charge in [-0.3, -0.25) is 4.79 Å². The highest BCUT2D eigenvalue weighted by Gasteiger charge is 2.10. The zero-order valence-electron chi connectivity index (χ0n) is 11.7. The summed E-state index contributed by atoms with van der Waals surface area (Å²) < 4.78 is 7.19. The molecule has 2 aromatic rings. The second kappa shape index (κ2) is 6.14. The van der Waals surface area contributed by atoms with Gasteiger partial charge < -0.3 is 20.4 Å². The number of hydrogen-bond donors (Lipinski definition) is 2. The Morgan fingerprint density at radius 3 is 2.60 bits per heavy atom. The number of aryl methyl sites for hydroxylation is 1. The van der Waals surface area contributed by atoms with E-state index in [-0.39, 0.29) is 5.91 Å². The van der Waals surface area contributed by atoms with Crippen LogP contribution in [0.1, 0.15) is 23.8 Å². The lowest BCUT2D eigenvalue weighted by Crippen LogP contribution is -2.15. The third kappa shape index (κ3) is 3.32. The Labute approximate surface area is 118 Å². The number of carbonyl (C=O) groups excluding carboxylic acids is 1. The molecule has 0 radical (unpaired) electrons. The van der Waals surface area contributed by atoms with Crippen LogP contribution in [0.4, 0.5) is 11.4 Å². The lowest BCUT2D eigenvalue weighted by Gasteiger charge is -2.08. The highest BCUT2D eigenvalue weighted by atomic mass is 16.5. The summed E-state index contributed by atoms with van der Waals surface area (Å²) in [7, 11) is 1.78. The van der Waals surface area contributed by atoms with Crippen molar-refractivity contribution in [2.75, 3.05) is 17.7 Å². The van der Waals surface area contributed by atoms with Crippen LogP contribution in [0.15, 0.2) is 36.5 Å². The molecule has 1 amide bonds. The maximum absolute atomic E-state index is 12.1. The zero-order chi connectivity index (χ0) is 14.5. The fourth-order valence-electron chi connectivity index (χ4n) is 1.87. The SMILES string of the molecule is CCCOc1ccc(NC(=O)c2cc(N)cn2C)cc1.